The Labute approximate surface area is 174 Å². The quantitative estimate of drug-likeness (QED) is 0.630. The van der Waals surface area contributed by atoms with Crippen LogP contribution >= 0.6 is 11.3 Å². The summed E-state index contributed by atoms with van der Waals surface area (Å²) in [5.74, 6) is 0.432. The van der Waals surface area contributed by atoms with Crippen molar-refractivity contribution in [2.24, 2.45) is 5.92 Å². The molecule has 2 N–H and O–H groups in total. The molecule has 1 aromatic carbocycles. The average Bonchev–Trinajstić information content (AvgIpc) is 3.07. The lowest BCUT2D eigenvalue weighted by atomic mass is 9.96. The van der Waals surface area contributed by atoms with Crippen molar-refractivity contribution in [3.05, 3.63) is 52.2 Å². The maximum absolute atomic E-state index is 11.4. The van der Waals surface area contributed by atoms with Gasteiger partial charge in [-0.05, 0) is 62.4 Å². The van der Waals surface area contributed by atoms with Crippen LogP contribution in [0.1, 0.15) is 39.2 Å². The SMILES string of the molecule is Cc1ccccc1CN1CCC(CNc2ncnc3sc(C(=O)O)c(C)c23)CC1. The second kappa shape index (κ2) is 8.47. The largest absolute Gasteiger partial charge is 0.477 e. The van der Waals surface area contributed by atoms with Gasteiger partial charge in [-0.1, -0.05) is 24.3 Å². The molecular formula is C22H26N4O2S. The van der Waals surface area contributed by atoms with Crippen LogP contribution < -0.4 is 5.32 Å². The Morgan fingerprint density at radius 3 is 2.72 bits per heavy atom. The number of hydrogen-bond donors (Lipinski definition) is 2. The number of piperidine rings is 1. The number of carboxylic acids is 1. The van der Waals surface area contributed by atoms with Crippen LogP contribution in [0.3, 0.4) is 0 Å². The number of hydrogen-bond acceptors (Lipinski definition) is 6. The number of anilines is 1. The lowest BCUT2D eigenvalue weighted by Crippen LogP contribution is -2.35. The summed E-state index contributed by atoms with van der Waals surface area (Å²) in [6.07, 6.45) is 3.81. The molecule has 3 heterocycles. The summed E-state index contributed by atoms with van der Waals surface area (Å²) in [5, 5.41) is 13.7. The van der Waals surface area contributed by atoms with Gasteiger partial charge in [-0.15, -0.1) is 11.3 Å². The van der Waals surface area contributed by atoms with Gasteiger partial charge in [0.25, 0.3) is 0 Å². The zero-order chi connectivity index (χ0) is 20.4. The number of nitrogens with zero attached hydrogens (tertiary/aromatic N) is 3. The van der Waals surface area contributed by atoms with Crippen molar-refractivity contribution in [2.45, 2.75) is 33.2 Å². The third-order valence-corrected chi connectivity index (χ3v) is 7.03. The second-order valence-corrected chi connectivity index (χ2v) is 8.79. The fraction of sp³-hybridized carbons (Fsp3) is 0.409. The first-order valence-electron chi connectivity index (χ1n) is 10.0. The maximum Gasteiger partial charge on any atom is 0.346 e. The van der Waals surface area contributed by atoms with E-state index in [1.54, 1.807) is 0 Å². The van der Waals surface area contributed by atoms with E-state index in [0.717, 1.165) is 60.6 Å². The molecule has 2 aromatic heterocycles. The maximum atomic E-state index is 11.4. The number of benzene rings is 1. The Morgan fingerprint density at radius 2 is 2.00 bits per heavy atom. The number of aromatic carboxylic acids is 1. The summed E-state index contributed by atoms with van der Waals surface area (Å²) in [4.78, 5) is 23.7. The number of aryl methyl sites for hydroxylation is 2. The molecule has 7 heteroatoms. The minimum Gasteiger partial charge on any atom is -0.477 e. The van der Waals surface area contributed by atoms with Crippen LogP contribution in [0.25, 0.3) is 10.2 Å². The van der Waals surface area contributed by atoms with Crippen LogP contribution in [0.15, 0.2) is 30.6 Å². The van der Waals surface area contributed by atoms with E-state index >= 15 is 0 Å². The second-order valence-electron chi connectivity index (χ2n) is 7.79. The normalized spacial score (nSPS) is 15.7. The van der Waals surface area contributed by atoms with Crippen LogP contribution in [-0.4, -0.2) is 45.6 Å². The van der Waals surface area contributed by atoms with Crippen molar-refractivity contribution >= 4 is 33.3 Å². The van der Waals surface area contributed by atoms with Gasteiger partial charge in [-0.3, -0.25) is 4.90 Å². The first kappa shape index (κ1) is 19.8. The van der Waals surface area contributed by atoms with Crippen molar-refractivity contribution in [3.8, 4) is 0 Å². The average molecular weight is 411 g/mol. The number of aromatic nitrogens is 2. The molecule has 0 amide bonds. The minimum atomic E-state index is -0.905. The lowest BCUT2D eigenvalue weighted by molar-refractivity contribution is 0.0701. The highest BCUT2D eigenvalue weighted by molar-refractivity contribution is 7.20. The van der Waals surface area contributed by atoms with E-state index in [0.29, 0.717) is 10.8 Å². The number of carboxylic acid groups (broad SMARTS) is 1. The highest BCUT2D eigenvalue weighted by atomic mass is 32.1. The highest BCUT2D eigenvalue weighted by Gasteiger charge is 2.22. The van der Waals surface area contributed by atoms with Crippen LogP contribution in [0, 0.1) is 19.8 Å². The van der Waals surface area contributed by atoms with Crippen LogP contribution in [-0.2, 0) is 6.54 Å². The zero-order valence-corrected chi connectivity index (χ0v) is 17.6. The molecule has 0 unspecified atom stereocenters. The summed E-state index contributed by atoms with van der Waals surface area (Å²) in [6.45, 7) is 8.08. The van der Waals surface area contributed by atoms with Gasteiger partial charge in [0.15, 0.2) is 0 Å². The summed E-state index contributed by atoms with van der Waals surface area (Å²) in [6, 6.07) is 8.60. The first-order chi connectivity index (χ1) is 14.0. The van der Waals surface area contributed by atoms with Crippen molar-refractivity contribution in [3.63, 3.8) is 0 Å². The molecule has 0 bridgehead atoms. The van der Waals surface area contributed by atoms with Crippen molar-refractivity contribution < 1.29 is 9.90 Å². The molecule has 3 aromatic rings. The molecule has 0 spiro atoms. The van der Waals surface area contributed by atoms with Gasteiger partial charge >= 0.3 is 5.97 Å². The number of thiophene rings is 1. The Morgan fingerprint density at radius 1 is 1.24 bits per heavy atom. The summed E-state index contributed by atoms with van der Waals surface area (Å²) in [5.41, 5.74) is 3.51. The lowest BCUT2D eigenvalue weighted by Gasteiger charge is -2.32. The van der Waals surface area contributed by atoms with E-state index in [2.05, 4.69) is 51.4 Å². The summed E-state index contributed by atoms with van der Waals surface area (Å²) < 4.78 is 0. The molecule has 0 radical (unpaired) electrons. The highest BCUT2D eigenvalue weighted by Crippen LogP contribution is 2.33. The van der Waals surface area contributed by atoms with Gasteiger partial charge < -0.3 is 10.4 Å². The molecule has 0 atom stereocenters. The van der Waals surface area contributed by atoms with E-state index in [1.807, 2.05) is 6.92 Å². The number of fused-ring (bicyclic) bond motifs is 1. The number of rotatable bonds is 6. The first-order valence-corrected chi connectivity index (χ1v) is 10.8. The fourth-order valence-corrected chi connectivity index (χ4v) is 5.02. The summed E-state index contributed by atoms with van der Waals surface area (Å²) >= 11 is 1.21. The molecule has 1 saturated heterocycles. The summed E-state index contributed by atoms with van der Waals surface area (Å²) in [7, 11) is 0. The standard InChI is InChI=1S/C22H26N4O2S/c1-14-5-3-4-6-17(14)12-26-9-7-16(8-10-26)11-23-20-18-15(2)19(22(27)28)29-21(18)25-13-24-20/h3-6,13,16H,7-12H2,1-2H3,(H,27,28)(H,23,24,25). The topological polar surface area (TPSA) is 78.3 Å². The van der Waals surface area contributed by atoms with Gasteiger partial charge in [0.1, 0.15) is 21.9 Å². The molecule has 1 fully saturated rings. The van der Waals surface area contributed by atoms with E-state index in [4.69, 9.17) is 0 Å². The minimum absolute atomic E-state index is 0.341. The van der Waals surface area contributed by atoms with Gasteiger partial charge in [-0.25, -0.2) is 14.8 Å². The number of carbonyl (C=O) groups is 1. The zero-order valence-electron chi connectivity index (χ0n) is 16.8. The smallest absolute Gasteiger partial charge is 0.346 e. The molecular weight excluding hydrogens is 384 g/mol. The van der Waals surface area contributed by atoms with Crippen molar-refractivity contribution in [2.75, 3.05) is 25.0 Å². The van der Waals surface area contributed by atoms with Gasteiger partial charge in [0.2, 0.25) is 0 Å². The Hall–Kier alpha value is -2.51. The van der Waals surface area contributed by atoms with E-state index in [1.165, 1.54) is 28.8 Å². The molecule has 0 saturated carbocycles. The van der Waals surface area contributed by atoms with Gasteiger partial charge in [0, 0.05) is 13.1 Å². The Balaban J connectivity index is 1.36. The third-order valence-electron chi connectivity index (χ3n) is 5.84. The Kier molecular flexibility index (Phi) is 5.78. The van der Waals surface area contributed by atoms with Gasteiger partial charge in [-0.2, -0.15) is 0 Å². The molecule has 1 aliphatic rings. The fourth-order valence-electron chi connectivity index (χ4n) is 4.03. The predicted octanol–water partition coefficient (Wildman–Crippen LogP) is 4.33. The molecule has 152 valence electrons. The van der Waals surface area contributed by atoms with Crippen LogP contribution in [0.4, 0.5) is 5.82 Å². The number of nitrogens with one attached hydrogen (secondary N) is 1. The molecule has 6 nitrogen and oxygen atoms in total. The van der Waals surface area contributed by atoms with Crippen LogP contribution in [0.2, 0.25) is 0 Å². The molecule has 29 heavy (non-hydrogen) atoms. The monoisotopic (exact) mass is 410 g/mol. The van der Waals surface area contributed by atoms with Crippen molar-refractivity contribution in [1.82, 2.24) is 14.9 Å². The van der Waals surface area contributed by atoms with E-state index in [9.17, 15) is 9.90 Å². The number of likely N-dealkylation sites (tertiary alicyclic amines) is 1. The third kappa shape index (κ3) is 4.26. The molecule has 0 aliphatic carbocycles. The van der Waals surface area contributed by atoms with Crippen molar-refractivity contribution in [1.29, 1.82) is 0 Å². The Bertz CT molecular complexity index is 1020. The van der Waals surface area contributed by atoms with E-state index in [-0.39, 0.29) is 0 Å². The molecule has 4 rings (SSSR count). The van der Waals surface area contributed by atoms with Crippen LogP contribution in [0.5, 0.6) is 0 Å². The molecule has 1 aliphatic heterocycles. The predicted molar refractivity (Wildman–Crippen MR) is 117 cm³/mol. The van der Waals surface area contributed by atoms with Gasteiger partial charge in [0.05, 0.1) is 5.39 Å². The van der Waals surface area contributed by atoms with E-state index < -0.39 is 5.97 Å².